The summed E-state index contributed by atoms with van der Waals surface area (Å²) in [5, 5.41) is 13.1. The van der Waals surface area contributed by atoms with Gasteiger partial charge in [-0.15, -0.1) is 10.2 Å². The summed E-state index contributed by atoms with van der Waals surface area (Å²) >= 11 is 0. The molecule has 31 heavy (non-hydrogen) atoms. The largest absolute Gasteiger partial charge is 0.378 e. The quantitative estimate of drug-likeness (QED) is 0.438. The Balaban J connectivity index is 1.70. The second-order valence-electron chi connectivity index (χ2n) is 7.00. The summed E-state index contributed by atoms with van der Waals surface area (Å²) in [5.74, 6) is -0.335. The minimum Gasteiger partial charge on any atom is -0.378 e. The van der Waals surface area contributed by atoms with Crippen molar-refractivity contribution in [2.45, 2.75) is 13.2 Å². The molecule has 5 aromatic rings. The number of ether oxygens (including phenoxy) is 1. The Morgan fingerprint density at radius 3 is 2.65 bits per heavy atom. The van der Waals surface area contributed by atoms with Gasteiger partial charge in [-0.05, 0) is 35.9 Å². The summed E-state index contributed by atoms with van der Waals surface area (Å²) in [6, 6.07) is 13.4. The first-order valence-electron chi connectivity index (χ1n) is 9.58. The average molecular weight is 416 g/mol. The molecule has 154 valence electrons. The molecule has 4 heterocycles. The van der Waals surface area contributed by atoms with Crippen molar-refractivity contribution in [3.8, 4) is 11.1 Å². The van der Waals surface area contributed by atoms with Gasteiger partial charge in [0, 0.05) is 19.5 Å². The molecule has 0 saturated carbocycles. The van der Waals surface area contributed by atoms with Gasteiger partial charge in [0.15, 0.2) is 11.2 Å². The highest BCUT2D eigenvalue weighted by atomic mass is 19.1. The van der Waals surface area contributed by atoms with E-state index in [1.165, 1.54) is 16.7 Å². The van der Waals surface area contributed by atoms with E-state index in [1.807, 2.05) is 18.2 Å². The van der Waals surface area contributed by atoms with E-state index >= 15 is 0 Å². The predicted octanol–water partition coefficient (Wildman–Crippen LogP) is 2.83. The Hall–Kier alpha value is -3.98. The standard InChI is InChI=1S/C22H17FN6O2/c1-31-13-17-19(14-5-7-15(23)8-6-14)21-26-25-20-18(29(21)27-17)9-11-28(22(20)30)12-16-4-2-3-10-24-16/h2-11H,12-13H2,1H3. The number of hydrogen-bond donors (Lipinski definition) is 0. The Bertz CT molecular complexity index is 1440. The Morgan fingerprint density at radius 2 is 1.90 bits per heavy atom. The molecular formula is C22H17FN6O2. The molecule has 8 nitrogen and oxygen atoms in total. The fourth-order valence-corrected chi connectivity index (χ4v) is 3.57. The van der Waals surface area contributed by atoms with Crippen LogP contribution < -0.4 is 5.56 Å². The normalized spacial score (nSPS) is 11.4. The van der Waals surface area contributed by atoms with Crippen LogP contribution in [0.15, 0.2) is 65.7 Å². The summed E-state index contributed by atoms with van der Waals surface area (Å²) in [5.41, 5.74) is 3.71. The van der Waals surface area contributed by atoms with Crippen molar-refractivity contribution in [1.29, 1.82) is 0 Å². The number of rotatable bonds is 5. The highest BCUT2D eigenvalue weighted by molar-refractivity contribution is 5.84. The van der Waals surface area contributed by atoms with Gasteiger partial charge in [-0.1, -0.05) is 18.2 Å². The summed E-state index contributed by atoms with van der Waals surface area (Å²) in [7, 11) is 1.57. The zero-order valence-electron chi connectivity index (χ0n) is 16.6. The molecular weight excluding hydrogens is 399 g/mol. The molecule has 0 amide bonds. The lowest BCUT2D eigenvalue weighted by atomic mass is 10.1. The molecule has 0 aliphatic rings. The molecule has 0 saturated heterocycles. The maximum atomic E-state index is 13.4. The summed E-state index contributed by atoms with van der Waals surface area (Å²) < 4.78 is 21.8. The van der Waals surface area contributed by atoms with Crippen LogP contribution in [0, 0.1) is 5.82 Å². The molecule has 0 atom stereocenters. The summed E-state index contributed by atoms with van der Waals surface area (Å²) in [6.45, 7) is 0.554. The van der Waals surface area contributed by atoms with Gasteiger partial charge in [-0.2, -0.15) is 5.10 Å². The van der Waals surface area contributed by atoms with Crippen molar-refractivity contribution < 1.29 is 9.13 Å². The van der Waals surface area contributed by atoms with Crippen molar-refractivity contribution >= 4 is 16.7 Å². The van der Waals surface area contributed by atoms with Gasteiger partial charge in [0.25, 0.3) is 5.56 Å². The molecule has 0 aliphatic heterocycles. The number of benzene rings is 1. The van der Waals surface area contributed by atoms with Crippen LogP contribution in [-0.2, 0) is 17.9 Å². The van der Waals surface area contributed by atoms with Crippen LogP contribution in [0.3, 0.4) is 0 Å². The zero-order valence-corrected chi connectivity index (χ0v) is 16.6. The number of hydrogen-bond acceptors (Lipinski definition) is 6. The second-order valence-corrected chi connectivity index (χ2v) is 7.00. The molecule has 4 aromatic heterocycles. The average Bonchev–Trinajstić information content (AvgIpc) is 3.15. The Labute approximate surface area is 175 Å². The molecule has 0 N–H and O–H groups in total. The van der Waals surface area contributed by atoms with Crippen LogP contribution in [0.5, 0.6) is 0 Å². The van der Waals surface area contributed by atoms with Crippen molar-refractivity contribution in [2.75, 3.05) is 7.11 Å². The minimum atomic E-state index is -0.335. The second kappa shape index (κ2) is 7.69. The van der Waals surface area contributed by atoms with Gasteiger partial charge in [-0.25, -0.2) is 8.91 Å². The first-order valence-corrected chi connectivity index (χ1v) is 9.58. The van der Waals surface area contributed by atoms with E-state index in [4.69, 9.17) is 4.74 Å². The van der Waals surface area contributed by atoms with Crippen LogP contribution in [0.2, 0.25) is 0 Å². The van der Waals surface area contributed by atoms with Gasteiger partial charge in [0.1, 0.15) is 11.3 Å². The topological polar surface area (TPSA) is 87.2 Å². The van der Waals surface area contributed by atoms with E-state index < -0.39 is 0 Å². The number of fused-ring (bicyclic) bond motifs is 3. The maximum Gasteiger partial charge on any atom is 0.280 e. The monoisotopic (exact) mass is 416 g/mol. The molecule has 0 bridgehead atoms. The molecule has 0 radical (unpaired) electrons. The molecule has 0 unspecified atom stereocenters. The number of methoxy groups -OCH3 is 1. The first kappa shape index (κ1) is 19.0. The van der Waals surface area contributed by atoms with Crippen molar-refractivity contribution in [3.63, 3.8) is 0 Å². The molecule has 9 heteroatoms. The van der Waals surface area contributed by atoms with E-state index in [0.717, 1.165) is 11.3 Å². The smallest absolute Gasteiger partial charge is 0.280 e. The molecule has 0 fully saturated rings. The highest BCUT2D eigenvalue weighted by Gasteiger charge is 2.19. The lowest BCUT2D eigenvalue weighted by Crippen LogP contribution is -2.22. The van der Waals surface area contributed by atoms with Crippen LogP contribution in [0.1, 0.15) is 11.4 Å². The highest BCUT2D eigenvalue weighted by Crippen LogP contribution is 2.29. The van der Waals surface area contributed by atoms with Crippen LogP contribution in [-0.4, -0.2) is 36.5 Å². The van der Waals surface area contributed by atoms with Gasteiger partial charge in [-0.3, -0.25) is 9.78 Å². The van der Waals surface area contributed by atoms with E-state index in [1.54, 1.807) is 42.2 Å². The molecule has 1 aromatic carbocycles. The van der Waals surface area contributed by atoms with Crippen LogP contribution in [0.25, 0.3) is 27.8 Å². The number of pyridine rings is 2. The summed E-state index contributed by atoms with van der Waals surface area (Å²) in [6.07, 6.45) is 3.37. The fraction of sp³-hybridized carbons (Fsp3) is 0.136. The predicted molar refractivity (Wildman–Crippen MR) is 112 cm³/mol. The third kappa shape index (κ3) is 3.34. The summed E-state index contributed by atoms with van der Waals surface area (Å²) in [4.78, 5) is 17.3. The zero-order chi connectivity index (χ0) is 21.4. The van der Waals surface area contributed by atoms with E-state index in [0.29, 0.717) is 29.0 Å². The number of aromatic nitrogens is 6. The van der Waals surface area contributed by atoms with E-state index in [9.17, 15) is 9.18 Å². The molecule has 5 rings (SSSR count). The third-order valence-electron chi connectivity index (χ3n) is 5.00. The Morgan fingerprint density at radius 1 is 1.06 bits per heavy atom. The number of nitrogens with zero attached hydrogens (tertiary/aromatic N) is 6. The van der Waals surface area contributed by atoms with Crippen molar-refractivity contribution in [1.82, 2.24) is 29.4 Å². The van der Waals surface area contributed by atoms with Gasteiger partial charge >= 0.3 is 0 Å². The molecule has 0 aliphatic carbocycles. The lowest BCUT2D eigenvalue weighted by molar-refractivity contribution is 0.181. The third-order valence-corrected chi connectivity index (χ3v) is 5.00. The van der Waals surface area contributed by atoms with Crippen LogP contribution in [0.4, 0.5) is 4.39 Å². The van der Waals surface area contributed by atoms with Gasteiger partial charge in [0.2, 0.25) is 0 Å². The number of halogens is 1. The fourth-order valence-electron chi connectivity index (χ4n) is 3.57. The van der Waals surface area contributed by atoms with Crippen LogP contribution >= 0.6 is 0 Å². The first-order chi connectivity index (χ1) is 15.2. The Kier molecular flexibility index (Phi) is 4.72. The SMILES string of the molecule is COCc1nn2c(nnc3c(=O)n(Cc4ccccn4)ccc32)c1-c1ccc(F)cc1. The van der Waals surface area contributed by atoms with Crippen molar-refractivity contribution in [2.24, 2.45) is 0 Å². The van der Waals surface area contributed by atoms with Gasteiger partial charge in [0.05, 0.1) is 30.1 Å². The van der Waals surface area contributed by atoms with Gasteiger partial charge < -0.3 is 9.30 Å². The maximum absolute atomic E-state index is 13.4. The van der Waals surface area contributed by atoms with Crippen molar-refractivity contribution in [3.05, 3.63) is 88.5 Å². The van der Waals surface area contributed by atoms with E-state index in [2.05, 4.69) is 20.3 Å². The minimum absolute atomic E-state index is 0.197. The lowest BCUT2D eigenvalue weighted by Gasteiger charge is -2.07. The molecule has 0 spiro atoms. The van der Waals surface area contributed by atoms with E-state index in [-0.39, 0.29) is 23.5 Å².